The molecule has 0 amide bonds. The van der Waals surface area contributed by atoms with Crippen molar-refractivity contribution in [1.82, 2.24) is 19.5 Å². The molecule has 118 valence electrons. The zero-order chi connectivity index (χ0) is 16.3. The minimum Gasteiger partial charge on any atom is -0.311 e. The zero-order valence-electron chi connectivity index (χ0n) is 13.8. The molecule has 2 aromatic heterocycles. The van der Waals surface area contributed by atoms with Crippen molar-refractivity contribution in [2.24, 2.45) is 5.41 Å². The van der Waals surface area contributed by atoms with Gasteiger partial charge in [-0.3, -0.25) is 4.79 Å². The molecule has 2 rings (SSSR count). The molecule has 2 aromatic rings. The Morgan fingerprint density at radius 2 is 2.18 bits per heavy atom. The molecule has 0 saturated heterocycles. The Kier molecular flexibility index (Phi) is 4.64. The average molecular weight is 300 g/mol. The summed E-state index contributed by atoms with van der Waals surface area (Å²) in [5, 5.41) is 0. The number of imidazole rings is 1. The van der Waals surface area contributed by atoms with Crippen molar-refractivity contribution in [3.05, 3.63) is 46.8 Å². The van der Waals surface area contributed by atoms with Gasteiger partial charge in [-0.15, -0.1) is 0 Å². The smallest absolute Gasteiger partial charge is 0.278 e. The normalized spacial score (nSPS) is 12.8. The third-order valence-electron chi connectivity index (χ3n) is 4.10. The number of allylic oxidation sites excluding steroid dienone is 3. The van der Waals surface area contributed by atoms with E-state index in [1.54, 1.807) is 6.33 Å². The fraction of sp³-hybridized carbons (Fsp3) is 0.471. The second kappa shape index (κ2) is 6.30. The third kappa shape index (κ3) is 3.35. The molecule has 0 bridgehead atoms. The van der Waals surface area contributed by atoms with Crippen LogP contribution in [0.25, 0.3) is 11.2 Å². The molecule has 0 radical (unpaired) electrons. The van der Waals surface area contributed by atoms with Gasteiger partial charge in [0.05, 0.1) is 12.7 Å². The third-order valence-corrected chi connectivity index (χ3v) is 4.10. The van der Waals surface area contributed by atoms with Crippen molar-refractivity contribution in [2.45, 2.75) is 47.1 Å². The second-order valence-corrected chi connectivity index (χ2v) is 6.39. The zero-order valence-corrected chi connectivity index (χ0v) is 13.8. The van der Waals surface area contributed by atoms with Gasteiger partial charge in [0, 0.05) is 6.54 Å². The molecule has 0 aliphatic heterocycles. The van der Waals surface area contributed by atoms with Crippen LogP contribution in [0.2, 0.25) is 0 Å². The lowest BCUT2D eigenvalue weighted by Gasteiger charge is -2.27. The summed E-state index contributed by atoms with van der Waals surface area (Å²) in [4.78, 5) is 22.7. The predicted molar refractivity (Wildman–Crippen MR) is 89.7 cm³/mol. The fourth-order valence-electron chi connectivity index (χ4n) is 2.43. The number of H-pyrrole nitrogens is 1. The number of rotatable bonds is 6. The van der Waals surface area contributed by atoms with E-state index in [1.165, 1.54) is 17.5 Å². The van der Waals surface area contributed by atoms with Crippen molar-refractivity contribution >= 4 is 11.2 Å². The van der Waals surface area contributed by atoms with Crippen molar-refractivity contribution < 1.29 is 0 Å². The predicted octanol–water partition coefficient (Wildman–Crippen LogP) is 3.45. The Bertz CT molecular complexity index is 764. The molecule has 22 heavy (non-hydrogen) atoms. The number of aromatic amines is 1. The van der Waals surface area contributed by atoms with E-state index in [0.717, 1.165) is 12.8 Å². The molecule has 5 nitrogen and oxygen atoms in total. The summed E-state index contributed by atoms with van der Waals surface area (Å²) in [6, 6.07) is 0. The maximum atomic E-state index is 11.7. The van der Waals surface area contributed by atoms with Crippen LogP contribution in [0.1, 0.15) is 40.5 Å². The van der Waals surface area contributed by atoms with Crippen molar-refractivity contribution in [2.75, 3.05) is 0 Å². The maximum absolute atomic E-state index is 11.7. The number of fused-ring (bicyclic) bond motifs is 1. The van der Waals surface area contributed by atoms with E-state index in [4.69, 9.17) is 0 Å². The molecule has 2 heterocycles. The fourth-order valence-corrected chi connectivity index (χ4v) is 2.43. The van der Waals surface area contributed by atoms with Crippen LogP contribution in [0.4, 0.5) is 0 Å². The summed E-state index contributed by atoms with van der Waals surface area (Å²) in [6.45, 7) is 13.4. The number of hydrogen-bond acceptors (Lipinski definition) is 3. The molecule has 0 fully saturated rings. The summed E-state index contributed by atoms with van der Waals surface area (Å²) in [5.41, 5.74) is 3.32. The standard InChI is InChI=1S/C17H24N4O/c1-6-7-13(8-17(4,5)12(2)3)9-21-11-20-14-15(21)18-10-19-16(14)22/h7,10-11H,2,6,8-9H2,1,3-5H3,(H,18,19,22)/b13-7+. The van der Waals surface area contributed by atoms with E-state index in [9.17, 15) is 4.79 Å². The highest BCUT2D eigenvalue weighted by Crippen LogP contribution is 2.33. The number of aromatic nitrogens is 4. The molecular weight excluding hydrogens is 276 g/mol. The van der Waals surface area contributed by atoms with Crippen LogP contribution in [0.5, 0.6) is 0 Å². The Hall–Kier alpha value is -2.17. The van der Waals surface area contributed by atoms with Crippen LogP contribution in [-0.2, 0) is 6.54 Å². The van der Waals surface area contributed by atoms with Crippen molar-refractivity contribution in [1.29, 1.82) is 0 Å². The summed E-state index contributed by atoms with van der Waals surface area (Å²) in [6.07, 6.45) is 7.25. The lowest BCUT2D eigenvalue weighted by Crippen LogP contribution is -2.16. The Balaban J connectivity index is 2.32. The van der Waals surface area contributed by atoms with Gasteiger partial charge in [0.1, 0.15) is 0 Å². The van der Waals surface area contributed by atoms with Gasteiger partial charge in [0.2, 0.25) is 0 Å². The van der Waals surface area contributed by atoms with Crippen LogP contribution in [0, 0.1) is 5.41 Å². The summed E-state index contributed by atoms with van der Waals surface area (Å²) in [7, 11) is 0. The minimum atomic E-state index is -0.202. The van der Waals surface area contributed by atoms with Crippen molar-refractivity contribution in [3.8, 4) is 0 Å². The van der Waals surface area contributed by atoms with Gasteiger partial charge in [-0.2, -0.15) is 0 Å². The van der Waals surface area contributed by atoms with E-state index in [-0.39, 0.29) is 11.0 Å². The molecule has 0 unspecified atom stereocenters. The first-order chi connectivity index (χ1) is 10.3. The van der Waals surface area contributed by atoms with E-state index >= 15 is 0 Å². The van der Waals surface area contributed by atoms with Gasteiger partial charge in [-0.1, -0.05) is 44.6 Å². The molecule has 0 atom stereocenters. The lowest BCUT2D eigenvalue weighted by molar-refractivity contribution is 0.432. The maximum Gasteiger partial charge on any atom is 0.278 e. The topological polar surface area (TPSA) is 63.6 Å². The second-order valence-electron chi connectivity index (χ2n) is 6.39. The van der Waals surface area contributed by atoms with E-state index in [2.05, 4.69) is 55.3 Å². The number of nitrogens with zero attached hydrogens (tertiary/aromatic N) is 3. The highest BCUT2D eigenvalue weighted by atomic mass is 16.1. The molecule has 0 spiro atoms. The molecule has 0 aliphatic rings. The van der Waals surface area contributed by atoms with Gasteiger partial charge in [0.25, 0.3) is 5.56 Å². The molecule has 1 N–H and O–H groups in total. The van der Waals surface area contributed by atoms with Crippen LogP contribution in [-0.4, -0.2) is 19.5 Å². The summed E-state index contributed by atoms with van der Waals surface area (Å²) < 4.78 is 1.93. The minimum absolute atomic E-state index is 0.0439. The quantitative estimate of drug-likeness (QED) is 0.831. The average Bonchev–Trinajstić information content (AvgIpc) is 2.83. The van der Waals surface area contributed by atoms with E-state index in [0.29, 0.717) is 17.7 Å². The molecule has 0 saturated carbocycles. The molecule has 0 aromatic carbocycles. The Morgan fingerprint density at radius 3 is 2.82 bits per heavy atom. The highest BCUT2D eigenvalue weighted by molar-refractivity contribution is 5.68. The van der Waals surface area contributed by atoms with Crippen LogP contribution < -0.4 is 5.56 Å². The first-order valence-corrected chi connectivity index (χ1v) is 7.57. The van der Waals surface area contributed by atoms with Crippen LogP contribution >= 0.6 is 0 Å². The lowest BCUT2D eigenvalue weighted by atomic mass is 9.80. The van der Waals surface area contributed by atoms with Crippen LogP contribution in [0.15, 0.2) is 41.3 Å². The Morgan fingerprint density at radius 1 is 1.45 bits per heavy atom. The van der Waals surface area contributed by atoms with Crippen molar-refractivity contribution in [3.63, 3.8) is 0 Å². The van der Waals surface area contributed by atoms with Gasteiger partial charge >= 0.3 is 0 Å². The number of hydrogen-bond donors (Lipinski definition) is 1. The van der Waals surface area contributed by atoms with E-state index in [1.807, 2.05) is 4.57 Å². The monoisotopic (exact) mass is 300 g/mol. The molecular formula is C17H24N4O. The highest BCUT2D eigenvalue weighted by Gasteiger charge is 2.21. The summed E-state index contributed by atoms with van der Waals surface area (Å²) >= 11 is 0. The first kappa shape index (κ1) is 16.2. The SMILES string of the molecule is C=C(C)C(C)(C)C/C(=C\CC)Cn1cnc2c(=O)[nH]cnc21. The first-order valence-electron chi connectivity index (χ1n) is 7.57. The molecule has 0 aliphatic carbocycles. The summed E-state index contributed by atoms with van der Waals surface area (Å²) in [5.74, 6) is 0. The van der Waals surface area contributed by atoms with Crippen LogP contribution in [0.3, 0.4) is 0 Å². The number of nitrogens with one attached hydrogen (secondary N) is 1. The Labute approximate surface area is 130 Å². The van der Waals surface area contributed by atoms with E-state index < -0.39 is 0 Å². The van der Waals surface area contributed by atoms with Gasteiger partial charge in [0.15, 0.2) is 11.2 Å². The van der Waals surface area contributed by atoms with Gasteiger partial charge in [-0.05, 0) is 25.2 Å². The van der Waals surface area contributed by atoms with Gasteiger partial charge < -0.3 is 9.55 Å². The van der Waals surface area contributed by atoms with Gasteiger partial charge in [-0.25, -0.2) is 9.97 Å². The molecule has 5 heteroatoms. The largest absolute Gasteiger partial charge is 0.311 e.